The van der Waals surface area contributed by atoms with Gasteiger partial charge in [-0.1, -0.05) is 26.8 Å². The second-order valence-electron chi connectivity index (χ2n) is 6.06. The molecule has 0 aromatic carbocycles. The highest BCUT2D eigenvalue weighted by atomic mass is 14.7. The van der Waals surface area contributed by atoms with Gasteiger partial charge in [-0.15, -0.1) is 0 Å². The zero-order chi connectivity index (χ0) is 14.7. The monoisotopic (exact) mass is 268 g/mol. The molecule has 0 aliphatic carbocycles. The Bertz CT molecular complexity index is 570. The Morgan fingerprint density at radius 1 is 0.950 bits per heavy atom. The molecule has 1 unspecified atom stereocenters. The molecule has 0 radical (unpaired) electrons. The zero-order valence-electron chi connectivity index (χ0n) is 13.1. The van der Waals surface area contributed by atoms with Crippen LogP contribution in [-0.2, 0) is 6.42 Å². The lowest BCUT2D eigenvalue weighted by Gasteiger charge is -2.14. The van der Waals surface area contributed by atoms with Gasteiger partial charge in [0.25, 0.3) is 0 Å². The van der Waals surface area contributed by atoms with Crippen LogP contribution in [0.1, 0.15) is 60.7 Å². The van der Waals surface area contributed by atoms with E-state index in [1.54, 1.807) is 0 Å². The summed E-state index contributed by atoms with van der Waals surface area (Å²) in [5, 5.41) is 0. The summed E-state index contributed by atoms with van der Waals surface area (Å²) in [7, 11) is 0. The van der Waals surface area contributed by atoms with Crippen molar-refractivity contribution < 1.29 is 0 Å². The van der Waals surface area contributed by atoms with Gasteiger partial charge in [-0.3, -0.25) is 9.97 Å². The number of nitrogens with zero attached hydrogens (tertiary/aromatic N) is 2. The molecule has 2 rings (SSSR count). The highest BCUT2D eigenvalue weighted by Gasteiger charge is 2.11. The lowest BCUT2D eigenvalue weighted by molar-refractivity contribution is 0.720. The molecule has 2 aromatic heterocycles. The summed E-state index contributed by atoms with van der Waals surface area (Å²) in [6.07, 6.45) is 4.97. The van der Waals surface area contributed by atoms with E-state index in [2.05, 4.69) is 62.8 Å². The Kier molecular flexibility index (Phi) is 4.53. The minimum Gasteiger partial charge on any atom is -0.261 e. The Morgan fingerprint density at radius 3 is 2.20 bits per heavy atom. The van der Waals surface area contributed by atoms with Crippen molar-refractivity contribution in [2.45, 2.75) is 52.9 Å². The van der Waals surface area contributed by atoms with Gasteiger partial charge in [0.05, 0.1) is 0 Å². The van der Waals surface area contributed by atoms with Crippen LogP contribution >= 0.6 is 0 Å². The summed E-state index contributed by atoms with van der Waals surface area (Å²) in [5.41, 5.74) is 6.20. The van der Waals surface area contributed by atoms with E-state index in [-0.39, 0.29) is 0 Å². The van der Waals surface area contributed by atoms with Crippen molar-refractivity contribution in [1.82, 2.24) is 9.97 Å². The standard InChI is InChI=1S/C18H24N2/c1-12(2)18-9-14(4)16(11-20-18)8-15(5)17-7-6-13(3)10-19-17/h6-7,9-12,15H,8H2,1-5H3. The van der Waals surface area contributed by atoms with Crippen molar-refractivity contribution in [3.8, 4) is 0 Å². The van der Waals surface area contributed by atoms with E-state index in [0.29, 0.717) is 11.8 Å². The lowest BCUT2D eigenvalue weighted by Crippen LogP contribution is -2.04. The van der Waals surface area contributed by atoms with Gasteiger partial charge in [0.2, 0.25) is 0 Å². The maximum absolute atomic E-state index is 4.58. The molecule has 0 N–H and O–H groups in total. The number of rotatable bonds is 4. The summed E-state index contributed by atoms with van der Waals surface area (Å²) in [6.45, 7) is 10.8. The van der Waals surface area contributed by atoms with Crippen molar-refractivity contribution in [2.75, 3.05) is 0 Å². The van der Waals surface area contributed by atoms with Gasteiger partial charge in [-0.05, 0) is 55.0 Å². The molecule has 0 spiro atoms. The fraction of sp³-hybridized carbons (Fsp3) is 0.444. The summed E-state index contributed by atoms with van der Waals surface area (Å²) in [6, 6.07) is 6.48. The molecule has 0 aliphatic heterocycles. The summed E-state index contributed by atoms with van der Waals surface area (Å²) < 4.78 is 0. The molecule has 0 amide bonds. The first-order chi connectivity index (χ1) is 9.47. The van der Waals surface area contributed by atoms with Gasteiger partial charge in [0.15, 0.2) is 0 Å². The van der Waals surface area contributed by atoms with Crippen LogP contribution in [0.15, 0.2) is 30.6 Å². The van der Waals surface area contributed by atoms with Crippen LogP contribution in [0.4, 0.5) is 0 Å². The molecule has 20 heavy (non-hydrogen) atoms. The lowest BCUT2D eigenvalue weighted by atomic mass is 9.94. The third-order valence-corrected chi connectivity index (χ3v) is 3.80. The van der Waals surface area contributed by atoms with Crippen molar-refractivity contribution in [3.05, 3.63) is 58.7 Å². The highest BCUT2D eigenvalue weighted by Crippen LogP contribution is 2.22. The van der Waals surface area contributed by atoms with E-state index in [9.17, 15) is 0 Å². The molecule has 2 heteroatoms. The van der Waals surface area contributed by atoms with Gasteiger partial charge in [-0.2, -0.15) is 0 Å². The average molecular weight is 268 g/mol. The van der Waals surface area contributed by atoms with E-state index in [4.69, 9.17) is 0 Å². The molecule has 2 nitrogen and oxygen atoms in total. The number of aromatic nitrogens is 2. The maximum Gasteiger partial charge on any atom is 0.0435 e. The molecule has 1 atom stereocenters. The van der Waals surface area contributed by atoms with Crippen molar-refractivity contribution >= 4 is 0 Å². The molecular weight excluding hydrogens is 244 g/mol. The van der Waals surface area contributed by atoms with Crippen LogP contribution in [0.2, 0.25) is 0 Å². The SMILES string of the molecule is Cc1ccc(C(C)Cc2cnc(C(C)C)cc2C)nc1. The Hall–Kier alpha value is -1.70. The van der Waals surface area contributed by atoms with Crippen molar-refractivity contribution in [1.29, 1.82) is 0 Å². The largest absolute Gasteiger partial charge is 0.261 e. The smallest absolute Gasteiger partial charge is 0.0435 e. The third-order valence-electron chi connectivity index (χ3n) is 3.80. The first kappa shape index (κ1) is 14.7. The minimum absolute atomic E-state index is 0.418. The first-order valence-electron chi connectivity index (χ1n) is 7.35. The molecule has 106 valence electrons. The fourth-order valence-electron chi connectivity index (χ4n) is 2.34. The van der Waals surface area contributed by atoms with Crippen molar-refractivity contribution in [3.63, 3.8) is 0 Å². The van der Waals surface area contributed by atoms with Crippen LogP contribution in [0, 0.1) is 13.8 Å². The quantitative estimate of drug-likeness (QED) is 0.812. The van der Waals surface area contributed by atoms with Crippen molar-refractivity contribution in [2.24, 2.45) is 0 Å². The third kappa shape index (κ3) is 3.44. The predicted molar refractivity (Wildman–Crippen MR) is 84.2 cm³/mol. The Balaban J connectivity index is 2.15. The summed E-state index contributed by atoms with van der Waals surface area (Å²) in [4.78, 5) is 9.11. The van der Waals surface area contributed by atoms with E-state index in [0.717, 1.165) is 12.1 Å². The van der Waals surface area contributed by atoms with E-state index in [1.165, 1.54) is 22.4 Å². The second-order valence-corrected chi connectivity index (χ2v) is 6.06. The molecule has 0 saturated carbocycles. The highest BCUT2D eigenvalue weighted by molar-refractivity contribution is 5.28. The van der Waals surface area contributed by atoms with Gasteiger partial charge in [-0.25, -0.2) is 0 Å². The number of hydrogen-bond donors (Lipinski definition) is 0. The first-order valence-corrected chi connectivity index (χ1v) is 7.35. The molecule has 0 aliphatic rings. The van der Waals surface area contributed by atoms with Crippen LogP contribution in [0.5, 0.6) is 0 Å². The number of pyridine rings is 2. The Morgan fingerprint density at radius 2 is 1.65 bits per heavy atom. The minimum atomic E-state index is 0.418. The number of hydrogen-bond acceptors (Lipinski definition) is 2. The van der Waals surface area contributed by atoms with Crippen LogP contribution in [-0.4, -0.2) is 9.97 Å². The Labute approximate surface area is 122 Å². The van der Waals surface area contributed by atoms with Crippen LogP contribution in [0.25, 0.3) is 0 Å². The van der Waals surface area contributed by atoms with E-state index in [1.807, 2.05) is 12.4 Å². The molecule has 2 aromatic rings. The fourth-order valence-corrected chi connectivity index (χ4v) is 2.34. The summed E-state index contributed by atoms with van der Waals surface area (Å²) >= 11 is 0. The van der Waals surface area contributed by atoms with Gasteiger partial charge in [0, 0.05) is 29.7 Å². The van der Waals surface area contributed by atoms with Gasteiger partial charge >= 0.3 is 0 Å². The molecule has 0 saturated heterocycles. The second kappa shape index (κ2) is 6.17. The van der Waals surface area contributed by atoms with Crippen LogP contribution in [0.3, 0.4) is 0 Å². The zero-order valence-corrected chi connectivity index (χ0v) is 13.1. The maximum atomic E-state index is 4.58. The average Bonchev–Trinajstić information content (AvgIpc) is 2.41. The molecular formula is C18H24N2. The van der Waals surface area contributed by atoms with Gasteiger partial charge < -0.3 is 0 Å². The molecule has 2 heterocycles. The predicted octanol–water partition coefficient (Wildman–Crippen LogP) is 4.56. The van der Waals surface area contributed by atoms with Gasteiger partial charge in [0.1, 0.15) is 0 Å². The van der Waals surface area contributed by atoms with E-state index >= 15 is 0 Å². The summed E-state index contributed by atoms with van der Waals surface area (Å²) in [5.74, 6) is 0.903. The van der Waals surface area contributed by atoms with E-state index < -0.39 is 0 Å². The topological polar surface area (TPSA) is 25.8 Å². The van der Waals surface area contributed by atoms with Crippen LogP contribution < -0.4 is 0 Å². The molecule has 0 fully saturated rings. The molecule has 0 bridgehead atoms. The normalized spacial score (nSPS) is 12.7. The number of aryl methyl sites for hydroxylation is 2.